The highest BCUT2D eigenvalue weighted by Crippen LogP contribution is 2.52. The van der Waals surface area contributed by atoms with Crippen LogP contribution in [0.5, 0.6) is 0 Å². The van der Waals surface area contributed by atoms with Gasteiger partial charge in [-0.3, -0.25) is 4.99 Å². The number of nitrogens with zero attached hydrogens (tertiary/aromatic N) is 2. The van der Waals surface area contributed by atoms with Crippen LogP contribution in [0.25, 0.3) is 0 Å². The minimum absolute atomic E-state index is 0.0648. The molecule has 0 aromatic heterocycles. The molecule has 0 spiro atoms. The topological polar surface area (TPSA) is 48.9 Å². The number of nitrogens with one attached hydrogen (secondary N) is 2. The van der Waals surface area contributed by atoms with E-state index in [4.69, 9.17) is 4.74 Å². The lowest BCUT2D eigenvalue weighted by Gasteiger charge is -2.55. The highest BCUT2D eigenvalue weighted by Gasteiger charge is 2.59. The third kappa shape index (κ3) is 3.34. The molecule has 1 aliphatic carbocycles. The van der Waals surface area contributed by atoms with Crippen LogP contribution in [0.15, 0.2) is 23.2 Å². The first-order chi connectivity index (χ1) is 13.4. The van der Waals surface area contributed by atoms with Gasteiger partial charge in [-0.15, -0.1) is 0 Å². The van der Waals surface area contributed by atoms with Gasteiger partial charge in [-0.25, -0.2) is 8.78 Å². The molecular formula is C21H30F2N4O. The molecule has 0 radical (unpaired) electrons. The number of ether oxygens (including phenoxy) is 1. The summed E-state index contributed by atoms with van der Waals surface area (Å²) in [5, 5.41) is 7.10. The molecule has 5 nitrogen and oxygen atoms in total. The van der Waals surface area contributed by atoms with Crippen molar-refractivity contribution in [1.82, 2.24) is 10.6 Å². The van der Waals surface area contributed by atoms with Crippen LogP contribution < -0.4 is 15.5 Å². The quantitative estimate of drug-likeness (QED) is 0.611. The highest BCUT2D eigenvalue weighted by molar-refractivity contribution is 5.81. The standard InChI is InChI=1S/C21H30F2N4O/c1-4-24-20(26-18-14-9-11-28-19(14)21(18,2)3)25-13-8-10-27(12-13)17-15(22)6-5-7-16(17)23/h5-7,13-14,18-19H,4,8-12H2,1-3H3,(H2,24,25,26). The van der Waals surface area contributed by atoms with Crippen LogP contribution >= 0.6 is 0 Å². The van der Waals surface area contributed by atoms with Crippen LogP contribution in [0.4, 0.5) is 14.5 Å². The average Bonchev–Trinajstić information content (AvgIpc) is 3.28. The van der Waals surface area contributed by atoms with E-state index in [9.17, 15) is 8.78 Å². The summed E-state index contributed by atoms with van der Waals surface area (Å²) in [5.41, 5.74) is 0.134. The number of anilines is 1. The lowest BCUT2D eigenvalue weighted by Crippen LogP contribution is -2.68. The van der Waals surface area contributed by atoms with Crippen LogP contribution in [-0.4, -0.2) is 50.4 Å². The Morgan fingerprint density at radius 3 is 2.71 bits per heavy atom. The summed E-state index contributed by atoms with van der Waals surface area (Å²) in [5.74, 6) is 0.285. The van der Waals surface area contributed by atoms with Gasteiger partial charge in [0.1, 0.15) is 17.3 Å². The second kappa shape index (κ2) is 7.50. The van der Waals surface area contributed by atoms with E-state index in [2.05, 4.69) is 29.5 Å². The van der Waals surface area contributed by atoms with E-state index in [1.807, 2.05) is 6.92 Å². The van der Waals surface area contributed by atoms with Gasteiger partial charge in [0.2, 0.25) is 0 Å². The molecule has 0 amide bonds. The van der Waals surface area contributed by atoms with Crippen molar-refractivity contribution in [3.05, 3.63) is 29.8 Å². The molecule has 4 atom stereocenters. The zero-order valence-electron chi connectivity index (χ0n) is 16.8. The molecule has 4 unspecified atom stereocenters. The van der Waals surface area contributed by atoms with E-state index in [1.165, 1.54) is 18.2 Å². The molecule has 2 N–H and O–H groups in total. The first-order valence-corrected chi connectivity index (χ1v) is 10.3. The van der Waals surface area contributed by atoms with Crippen molar-refractivity contribution in [2.75, 3.05) is 31.1 Å². The molecule has 2 saturated heterocycles. The van der Waals surface area contributed by atoms with Gasteiger partial charge in [0.05, 0.1) is 6.10 Å². The molecule has 2 aliphatic heterocycles. The van der Waals surface area contributed by atoms with Crippen LogP contribution in [0.1, 0.15) is 33.6 Å². The van der Waals surface area contributed by atoms with E-state index in [1.54, 1.807) is 4.90 Å². The lowest BCUT2D eigenvalue weighted by atomic mass is 9.57. The smallest absolute Gasteiger partial charge is 0.191 e. The third-order valence-electron chi connectivity index (χ3n) is 6.49. The molecule has 154 valence electrons. The van der Waals surface area contributed by atoms with Crippen molar-refractivity contribution in [3.8, 4) is 0 Å². The zero-order chi connectivity index (χ0) is 19.9. The summed E-state index contributed by atoms with van der Waals surface area (Å²) in [6.45, 7) is 9.14. The SMILES string of the molecule is CCN=C(NC1CCN(c2c(F)cccc2F)C1)NC1C2CCOC2C1(C)C. The molecular weight excluding hydrogens is 362 g/mol. The fourth-order valence-corrected chi connectivity index (χ4v) is 5.12. The molecule has 3 aliphatic rings. The Balaban J connectivity index is 1.40. The number of rotatable bonds is 4. The first-order valence-electron chi connectivity index (χ1n) is 10.3. The van der Waals surface area contributed by atoms with Crippen molar-refractivity contribution in [2.24, 2.45) is 16.3 Å². The Labute approximate surface area is 165 Å². The Hall–Kier alpha value is -1.89. The molecule has 2 heterocycles. The summed E-state index contributed by atoms with van der Waals surface area (Å²) in [7, 11) is 0. The Kier molecular flexibility index (Phi) is 5.21. The van der Waals surface area contributed by atoms with Crippen molar-refractivity contribution in [3.63, 3.8) is 0 Å². The van der Waals surface area contributed by atoms with Crippen LogP contribution in [0, 0.1) is 23.0 Å². The van der Waals surface area contributed by atoms with Crippen molar-refractivity contribution < 1.29 is 13.5 Å². The van der Waals surface area contributed by atoms with Crippen LogP contribution in [0.3, 0.4) is 0 Å². The largest absolute Gasteiger partial charge is 0.377 e. The van der Waals surface area contributed by atoms with Gasteiger partial charge in [-0.05, 0) is 31.9 Å². The molecule has 1 saturated carbocycles. The maximum absolute atomic E-state index is 14.1. The number of benzene rings is 1. The number of guanidine groups is 1. The first kappa shape index (κ1) is 19.4. The molecule has 1 aromatic rings. The normalized spacial score (nSPS) is 31.5. The van der Waals surface area contributed by atoms with Gasteiger partial charge in [-0.2, -0.15) is 0 Å². The molecule has 28 heavy (non-hydrogen) atoms. The van der Waals surface area contributed by atoms with E-state index >= 15 is 0 Å². The summed E-state index contributed by atoms with van der Waals surface area (Å²) in [4.78, 5) is 6.39. The van der Waals surface area contributed by atoms with Crippen molar-refractivity contribution in [2.45, 2.75) is 51.8 Å². The Bertz CT molecular complexity index is 734. The van der Waals surface area contributed by atoms with E-state index in [0.717, 1.165) is 25.4 Å². The molecule has 1 aromatic carbocycles. The number of aliphatic imine (C=N–C) groups is 1. The number of para-hydroxylation sites is 1. The third-order valence-corrected chi connectivity index (χ3v) is 6.49. The van der Waals surface area contributed by atoms with Crippen LogP contribution in [0.2, 0.25) is 0 Å². The molecule has 3 fully saturated rings. The second-order valence-corrected chi connectivity index (χ2v) is 8.66. The van der Waals surface area contributed by atoms with E-state index < -0.39 is 11.6 Å². The summed E-state index contributed by atoms with van der Waals surface area (Å²) in [6, 6.07) is 4.43. The maximum Gasteiger partial charge on any atom is 0.191 e. The van der Waals surface area contributed by atoms with E-state index in [-0.39, 0.29) is 17.1 Å². The van der Waals surface area contributed by atoms with Crippen molar-refractivity contribution in [1.29, 1.82) is 0 Å². The predicted molar refractivity (Wildman–Crippen MR) is 107 cm³/mol. The number of fused-ring (bicyclic) bond motifs is 1. The average molecular weight is 392 g/mol. The predicted octanol–water partition coefficient (Wildman–Crippen LogP) is 2.91. The summed E-state index contributed by atoms with van der Waals surface area (Å²) >= 11 is 0. The number of halogens is 2. The highest BCUT2D eigenvalue weighted by atomic mass is 19.1. The number of hydrogen-bond acceptors (Lipinski definition) is 3. The van der Waals surface area contributed by atoms with Gasteiger partial charge in [0.15, 0.2) is 5.96 Å². The minimum Gasteiger partial charge on any atom is -0.377 e. The second-order valence-electron chi connectivity index (χ2n) is 8.66. The van der Waals surface area contributed by atoms with E-state index in [0.29, 0.717) is 37.7 Å². The van der Waals surface area contributed by atoms with Gasteiger partial charge < -0.3 is 20.3 Å². The Morgan fingerprint density at radius 1 is 1.25 bits per heavy atom. The monoisotopic (exact) mass is 392 g/mol. The van der Waals surface area contributed by atoms with Gasteiger partial charge in [0, 0.05) is 49.7 Å². The molecule has 4 rings (SSSR count). The number of hydrogen-bond donors (Lipinski definition) is 2. The minimum atomic E-state index is -0.510. The maximum atomic E-state index is 14.1. The van der Waals surface area contributed by atoms with Crippen molar-refractivity contribution >= 4 is 11.6 Å². The zero-order valence-corrected chi connectivity index (χ0v) is 16.8. The molecule has 7 heteroatoms. The van der Waals surface area contributed by atoms with Gasteiger partial charge >= 0.3 is 0 Å². The molecule has 0 bridgehead atoms. The fourth-order valence-electron chi connectivity index (χ4n) is 5.12. The van der Waals surface area contributed by atoms with Gasteiger partial charge in [0.25, 0.3) is 0 Å². The Morgan fingerprint density at radius 2 is 2.00 bits per heavy atom. The van der Waals surface area contributed by atoms with Crippen LogP contribution in [-0.2, 0) is 4.74 Å². The lowest BCUT2D eigenvalue weighted by molar-refractivity contribution is -0.106. The van der Waals surface area contributed by atoms with Gasteiger partial charge in [-0.1, -0.05) is 19.9 Å². The summed E-state index contributed by atoms with van der Waals surface area (Å²) < 4.78 is 34.1. The fraction of sp³-hybridized carbons (Fsp3) is 0.667. The summed E-state index contributed by atoms with van der Waals surface area (Å²) in [6.07, 6.45) is 2.20.